The molecule has 1 saturated heterocycles. The smallest absolute Gasteiger partial charge is 0.369 e. The molecule has 2 heterocycles. The van der Waals surface area contributed by atoms with Crippen LogP contribution in [0.3, 0.4) is 0 Å². The highest BCUT2D eigenvalue weighted by molar-refractivity contribution is 7.66. The average molecular weight is 458 g/mol. The van der Waals surface area contributed by atoms with Gasteiger partial charge in [0.1, 0.15) is 13.1 Å². The molecule has 2 rings (SSSR count). The Hall–Kier alpha value is -1.06. The number of nitrogens with zero attached hydrogens (tertiary/aromatic N) is 2. The van der Waals surface area contributed by atoms with Crippen LogP contribution in [0.2, 0.25) is 0 Å². The van der Waals surface area contributed by atoms with E-state index in [0.717, 1.165) is 19.5 Å². The molecule has 7 N–H and O–H groups in total. The van der Waals surface area contributed by atoms with E-state index in [1.54, 1.807) is 0 Å². The third-order valence-corrected chi connectivity index (χ3v) is 5.58. The topological polar surface area (TPSA) is 263 Å². The first kappa shape index (κ1) is 25.9. The highest BCUT2D eigenvalue weighted by Crippen LogP contribution is 2.65. The number of anilines is 1. The van der Waals surface area contributed by atoms with Gasteiger partial charge in [-0.15, -0.1) is 0 Å². The van der Waals surface area contributed by atoms with E-state index in [0.29, 0.717) is 13.9 Å². The first-order chi connectivity index (χ1) is 12.3. The number of rotatable bonds is 5. The summed E-state index contributed by atoms with van der Waals surface area (Å²) in [7, 11) is -14.8. The van der Waals surface area contributed by atoms with Gasteiger partial charge in [-0.2, -0.15) is 13.6 Å². The fourth-order valence-corrected chi connectivity index (χ4v) is 3.70. The lowest BCUT2D eigenvalue weighted by Gasteiger charge is -2.14. The Bertz CT molecular complexity index is 753. The minimum Gasteiger partial charge on any atom is -0.369 e. The fourth-order valence-electron chi connectivity index (χ4n) is 0.925. The molecule has 1 aliphatic rings. The Balaban J connectivity index is 0.000000429. The molecule has 0 radical (unpaired) electrons. The predicted molar refractivity (Wildman–Crippen MR) is 84.7 cm³/mol. The van der Waals surface area contributed by atoms with Gasteiger partial charge < -0.3 is 34.8 Å². The van der Waals surface area contributed by atoms with Crippen LogP contribution in [-0.2, 0) is 36.3 Å². The summed E-state index contributed by atoms with van der Waals surface area (Å²) in [6, 6.07) is 0. The Labute approximate surface area is 150 Å². The maximum Gasteiger partial charge on any atom is 0.490 e. The third kappa shape index (κ3) is 15.7. The van der Waals surface area contributed by atoms with Crippen molar-refractivity contribution >= 4 is 29.4 Å². The van der Waals surface area contributed by atoms with Crippen LogP contribution in [0.5, 0.6) is 0 Å². The molecule has 0 aliphatic carbocycles. The quantitative estimate of drug-likeness (QED) is 0.280. The van der Waals surface area contributed by atoms with Crippen molar-refractivity contribution < 1.29 is 55.9 Å². The van der Waals surface area contributed by atoms with E-state index >= 15 is 0 Å². The fraction of sp³-hybridized carbons (Fsp3) is 0.571. The number of nitrogens with two attached hydrogens (primary N) is 1. The molecular weight excluding hydrogens is 441 g/mol. The van der Waals surface area contributed by atoms with Gasteiger partial charge in [-0.25, -0.2) is 23.5 Å². The van der Waals surface area contributed by atoms with E-state index in [1.807, 2.05) is 0 Å². The largest absolute Gasteiger partial charge is 0.490 e. The van der Waals surface area contributed by atoms with Crippen molar-refractivity contribution in [2.24, 2.45) is 0 Å². The Morgan fingerprint density at radius 1 is 1.07 bits per heavy atom. The highest BCUT2D eigenvalue weighted by Gasteiger charge is 2.39. The molecule has 1 fully saturated rings. The van der Waals surface area contributed by atoms with E-state index in [1.165, 1.54) is 0 Å². The Morgan fingerprint density at radius 3 is 1.93 bits per heavy atom. The van der Waals surface area contributed by atoms with E-state index in [9.17, 15) is 18.5 Å². The van der Waals surface area contributed by atoms with Crippen LogP contribution in [0.15, 0.2) is 11.1 Å². The molecule has 1 aliphatic heterocycles. The van der Waals surface area contributed by atoms with Gasteiger partial charge in [-0.1, -0.05) is 0 Å². The second-order valence-electron chi connectivity index (χ2n) is 3.90. The van der Waals surface area contributed by atoms with Crippen LogP contribution in [0.1, 0.15) is 0 Å². The Morgan fingerprint density at radius 2 is 1.63 bits per heavy atom. The highest BCUT2D eigenvalue weighted by atomic mass is 31.3. The van der Waals surface area contributed by atoms with Crippen LogP contribution in [0.4, 0.5) is 5.95 Å². The molecule has 0 amide bonds. The van der Waals surface area contributed by atoms with E-state index in [4.69, 9.17) is 34.8 Å². The van der Waals surface area contributed by atoms with Gasteiger partial charge in [0.25, 0.3) is 0 Å². The number of aromatic amines is 1. The molecule has 2 unspecified atom stereocenters. The number of aromatic nitrogens is 3. The molecule has 1 aromatic heterocycles. The van der Waals surface area contributed by atoms with Gasteiger partial charge in [0, 0.05) is 7.11 Å². The van der Waals surface area contributed by atoms with Crippen molar-refractivity contribution in [1.29, 1.82) is 0 Å². The second-order valence-corrected chi connectivity index (χ2v) is 8.42. The molecule has 0 spiro atoms. The maximum absolute atomic E-state index is 10.6. The lowest BCUT2D eigenvalue weighted by molar-refractivity contribution is 0.0692. The maximum atomic E-state index is 10.6. The second kappa shape index (κ2) is 11.7. The van der Waals surface area contributed by atoms with Gasteiger partial charge >= 0.3 is 29.2 Å². The Kier molecular flexibility index (Phi) is 11.2. The summed E-state index contributed by atoms with van der Waals surface area (Å²) in [6.07, 6.45) is 1.11. The van der Waals surface area contributed by atoms with Gasteiger partial charge in [-0.3, -0.25) is 9.51 Å². The molecule has 17 nitrogen and oxygen atoms in total. The molecule has 2 atom stereocenters. The van der Waals surface area contributed by atoms with Crippen LogP contribution in [-0.4, -0.2) is 61.6 Å². The minimum atomic E-state index is -5.35. The normalized spacial score (nSPS) is 18.1. The number of ether oxygens (including phenoxy) is 2. The van der Waals surface area contributed by atoms with Crippen molar-refractivity contribution in [1.82, 2.24) is 15.0 Å². The third-order valence-electron chi connectivity index (χ3n) is 1.79. The molecule has 0 bridgehead atoms. The zero-order chi connectivity index (χ0) is 21.1. The van der Waals surface area contributed by atoms with Gasteiger partial charge in [0.2, 0.25) is 5.95 Å². The average Bonchev–Trinajstić information content (AvgIpc) is 3.03. The standard InChI is InChI=1S/C3H4N4O.C3H6O2.CH7O10P3/c4-2-5-1-6-3(8)7-2;1-2-5-3-4-1;1-9-13(5,6)11-14(7,8)10-12(2,3)4/h1H,(H3,4,5,6,7,8);1-3H2;1H3,(H,5,6)(H,7,8)(H2,2,3,4). The first-order valence-corrected chi connectivity index (χ1v) is 10.8. The summed E-state index contributed by atoms with van der Waals surface area (Å²) in [5.74, 6) is 0.0880. The van der Waals surface area contributed by atoms with Crippen molar-refractivity contribution in [3.8, 4) is 0 Å². The molecule has 20 heteroatoms. The number of nitrogen functional groups attached to an aromatic ring is 1. The number of hydrogen-bond acceptors (Lipinski definition) is 12. The number of H-pyrrole nitrogens is 1. The molecule has 0 aromatic carbocycles. The minimum absolute atomic E-state index is 0.0880. The summed E-state index contributed by atoms with van der Waals surface area (Å²) in [6.45, 7) is 2.06. The van der Waals surface area contributed by atoms with Gasteiger partial charge in [-0.05, 0) is 0 Å². The summed E-state index contributed by atoms with van der Waals surface area (Å²) < 4.78 is 51.0. The van der Waals surface area contributed by atoms with E-state index in [2.05, 4.69) is 28.1 Å². The SMILES string of the molecule is C1COCO1.COP(=O)(O)OP(=O)(O)OP(=O)(O)O.Nc1ncnc(=O)[nH]1. The van der Waals surface area contributed by atoms with Gasteiger partial charge in [0.15, 0.2) is 0 Å². The molecular formula is C7H17N4O13P3. The van der Waals surface area contributed by atoms with Crippen LogP contribution in [0, 0.1) is 0 Å². The van der Waals surface area contributed by atoms with E-state index < -0.39 is 29.2 Å². The molecule has 158 valence electrons. The number of hydrogen-bond donors (Lipinski definition) is 6. The zero-order valence-corrected chi connectivity index (χ0v) is 16.2. The van der Waals surface area contributed by atoms with Crippen molar-refractivity contribution in [3.05, 3.63) is 16.8 Å². The van der Waals surface area contributed by atoms with Crippen LogP contribution in [0.25, 0.3) is 0 Å². The van der Waals surface area contributed by atoms with Crippen LogP contribution < -0.4 is 11.4 Å². The number of phosphoric ester groups is 1. The number of nitrogens with one attached hydrogen (secondary N) is 1. The lowest BCUT2D eigenvalue weighted by atomic mass is 10.8. The zero-order valence-electron chi connectivity index (χ0n) is 13.5. The summed E-state index contributed by atoms with van der Waals surface area (Å²) in [5.41, 5.74) is 4.58. The van der Waals surface area contributed by atoms with Crippen molar-refractivity contribution in [2.45, 2.75) is 0 Å². The molecule has 1 aromatic rings. The summed E-state index contributed by atoms with van der Waals surface area (Å²) in [5, 5.41) is 0. The van der Waals surface area contributed by atoms with Crippen molar-refractivity contribution in [3.63, 3.8) is 0 Å². The monoisotopic (exact) mass is 458 g/mol. The van der Waals surface area contributed by atoms with Crippen LogP contribution >= 0.6 is 23.5 Å². The molecule has 0 saturated carbocycles. The van der Waals surface area contributed by atoms with Gasteiger partial charge in [0.05, 0.1) is 13.2 Å². The predicted octanol–water partition coefficient (Wildman–Crippen LogP) is -1.30. The van der Waals surface area contributed by atoms with Crippen molar-refractivity contribution in [2.75, 3.05) is 32.9 Å². The number of phosphoric acid groups is 3. The lowest BCUT2D eigenvalue weighted by Crippen LogP contribution is -2.12. The summed E-state index contributed by atoms with van der Waals surface area (Å²) >= 11 is 0. The van der Waals surface area contributed by atoms with E-state index in [-0.39, 0.29) is 5.95 Å². The molecule has 27 heavy (non-hydrogen) atoms. The first-order valence-electron chi connectivity index (χ1n) is 6.28. The summed E-state index contributed by atoms with van der Waals surface area (Å²) in [4.78, 5) is 52.3.